The van der Waals surface area contributed by atoms with Crippen LogP contribution in [-0.4, -0.2) is 16.2 Å². The van der Waals surface area contributed by atoms with Gasteiger partial charge in [-0.15, -0.1) is 0 Å². The molecule has 2 aromatic rings. The summed E-state index contributed by atoms with van der Waals surface area (Å²) < 4.78 is 5.09. The number of carboxylic acid groups (broad SMARTS) is 1. The van der Waals surface area contributed by atoms with E-state index >= 15 is 0 Å². The number of carboxylic acids is 1. The average molecular weight is 192 g/mol. The molecule has 0 atom stereocenters. The standard InChI is InChI=1S/C10H8O4/c11-5-7-6-3-1-2-4-8(6)14-9(7)10(12)13/h1-4,11H,5H2,(H,12,13). The fourth-order valence-electron chi connectivity index (χ4n) is 1.43. The van der Waals surface area contributed by atoms with Gasteiger partial charge in [-0.3, -0.25) is 0 Å². The van der Waals surface area contributed by atoms with Crippen molar-refractivity contribution in [1.82, 2.24) is 0 Å². The first-order chi connectivity index (χ1) is 6.74. The van der Waals surface area contributed by atoms with Gasteiger partial charge >= 0.3 is 5.97 Å². The van der Waals surface area contributed by atoms with Crippen LogP contribution in [0.5, 0.6) is 0 Å². The molecule has 2 rings (SSSR count). The third kappa shape index (κ3) is 1.16. The number of para-hydroxylation sites is 1. The zero-order valence-electron chi connectivity index (χ0n) is 7.23. The van der Waals surface area contributed by atoms with Crippen LogP contribution in [0, 0.1) is 0 Å². The molecule has 4 heteroatoms. The van der Waals surface area contributed by atoms with Crippen molar-refractivity contribution in [3.63, 3.8) is 0 Å². The molecular weight excluding hydrogens is 184 g/mol. The van der Waals surface area contributed by atoms with Gasteiger partial charge in [0.25, 0.3) is 0 Å². The molecule has 72 valence electrons. The zero-order chi connectivity index (χ0) is 10.1. The Balaban J connectivity index is 2.78. The molecule has 0 spiro atoms. The predicted octanol–water partition coefficient (Wildman–Crippen LogP) is 1.62. The molecule has 0 fully saturated rings. The molecule has 1 heterocycles. The van der Waals surface area contributed by atoms with Gasteiger partial charge < -0.3 is 14.6 Å². The van der Waals surface area contributed by atoms with Crippen molar-refractivity contribution in [2.24, 2.45) is 0 Å². The quantitative estimate of drug-likeness (QED) is 0.758. The summed E-state index contributed by atoms with van der Waals surface area (Å²) in [5.41, 5.74) is 0.807. The first kappa shape index (κ1) is 8.77. The van der Waals surface area contributed by atoms with Crippen molar-refractivity contribution in [2.75, 3.05) is 0 Å². The molecule has 0 saturated carbocycles. The molecule has 2 N–H and O–H groups in total. The third-order valence-electron chi connectivity index (χ3n) is 2.05. The van der Waals surface area contributed by atoms with E-state index in [0.717, 1.165) is 0 Å². The molecule has 0 saturated heterocycles. The third-order valence-corrected chi connectivity index (χ3v) is 2.05. The Labute approximate surface area is 79.4 Å². The maximum Gasteiger partial charge on any atom is 0.372 e. The van der Waals surface area contributed by atoms with Crippen LogP contribution in [0.25, 0.3) is 11.0 Å². The van der Waals surface area contributed by atoms with Crippen molar-refractivity contribution < 1.29 is 19.4 Å². The number of fused-ring (bicyclic) bond motifs is 1. The van der Waals surface area contributed by atoms with E-state index in [1.54, 1.807) is 24.3 Å². The number of carbonyl (C=O) groups is 1. The van der Waals surface area contributed by atoms with E-state index in [4.69, 9.17) is 14.6 Å². The zero-order valence-corrected chi connectivity index (χ0v) is 7.23. The van der Waals surface area contributed by atoms with Crippen molar-refractivity contribution in [2.45, 2.75) is 6.61 Å². The molecule has 1 aromatic heterocycles. The molecule has 4 nitrogen and oxygen atoms in total. The van der Waals surface area contributed by atoms with E-state index < -0.39 is 5.97 Å². The van der Waals surface area contributed by atoms with E-state index in [9.17, 15) is 4.79 Å². The molecule has 14 heavy (non-hydrogen) atoms. The first-order valence-electron chi connectivity index (χ1n) is 4.08. The molecule has 0 aliphatic heterocycles. The minimum Gasteiger partial charge on any atom is -0.475 e. The summed E-state index contributed by atoms with van der Waals surface area (Å²) in [6, 6.07) is 6.90. The van der Waals surface area contributed by atoms with Crippen molar-refractivity contribution >= 4 is 16.9 Å². The lowest BCUT2D eigenvalue weighted by Crippen LogP contribution is -1.98. The van der Waals surface area contributed by atoms with Gasteiger partial charge in [0, 0.05) is 10.9 Å². The highest BCUT2D eigenvalue weighted by Gasteiger charge is 2.18. The minimum absolute atomic E-state index is 0.186. The Morgan fingerprint density at radius 1 is 1.36 bits per heavy atom. The molecule has 0 aliphatic carbocycles. The molecule has 0 radical (unpaired) electrons. The summed E-state index contributed by atoms with van der Waals surface area (Å²) in [7, 11) is 0. The second-order valence-electron chi connectivity index (χ2n) is 2.87. The SMILES string of the molecule is O=C(O)c1oc2ccccc2c1CO. The monoisotopic (exact) mass is 192 g/mol. The van der Waals surface area contributed by atoms with Gasteiger partial charge in [-0.25, -0.2) is 4.79 Å². The summed E-state index contributed by atoms with van der Waals surface area (Å²) in [6.07, 6.45) is 0. The lowest BCUT2D eigenvalue weighted by molar-refractivity contribution is 0.0660. The Bertz CT molecular complexity index is 484. The minimum atomic E-state index is -1.16. The maximum atomic E-state index is 10.7. The van der Waals surface area contributed by atoms with Crippen LogP contribution in [-0.2, 0) is 6.61 Å². The van der Waals surface area contributed by atoms with Crippen LogP contribution in [0.2, 0.25) is 0 Å². The Morgan fingerprint density at radius 3 is 2.71 bits per heavy atom. The van der Waals surface area contributed by atoms with Gasteiger partial charge in [0.15, 0.2) is 0 Å². The smallest absolute Gasteiger partial charge is 0.372 e. The lowest BCUT2D eigenvalue weighted by Gasteiger charge is -1.92. The number of benzene rings is 1. The van der Waals surface area contributed by atoms with Crippen LogP contribution < -0.4 is 0 Å². The van der Waals surface area contributed by atoms with Crippen LogP contribution in [0.1, 0.15) is 16.1 Å². The van der Waals surface area contributed by atoms with Gasteiger partial charge in [0.05, 0.1) is 6.61 Å². The van der Waals surface area contributed by atoms with Gasteiger partial charge in [-0.05, 0) is 6.07 Å². The maximum absolute atomic E-state index is 10.7. The molecule has 0 bridgehead atoms. The fraction of sp³-hybridized carbons (Fsp3) is 0.100. The van der Waals surface area contributed by atoms with Gasteiger partial charge in [0.2, 0.25) is 5.76 Å². The topological polar surface area (TPSA) is 70.7 Å². The molecule has 1 aromatic carbocycles. The highest BCUT2D eigenvalue weighted by molar-refractivity contribution is 5.94. The van der Waals surface area contributed by atoms with Crippen LogP contribution in [0.4, 0.5) is 0 Å². The van der Waals surface area contributed by atoms with E-state index in [1.165, 1.54) is 0 Å². The number of aromatic carboxylic acids is 1. The number of hydrogen-bond acceptors (Lipinski definition) is 3. The van der Waals surface area contributed by atoms with Crippen LogP contribution >= 0.6 is 0 Å². The van der Waals surface area contributed by atoms with E-state index in [2.05, 4.69) is 0 Å². The number of aliphatic hydroxyl groups is 1. The van der Waals surface area contributed by atoms with Crippen LogP contribution in [0.3, 0.4) is 0 Å². The largest absolute Gasteiger partial charge is 0.475 e. The van der Waals surface area contributed by atoms with Crippen molar-refractivity contribution in [3.8, 4) is 0 Å². The summed E-state index contributed by atoms with van der Waals surface area (Å²) in [4.78, 5) is 10.7. The van der Waals surface area contributed by atoms with E-state index in [1.807, 2.05) is 0 Å². The second kappa shape index (κ2) is 3.16. The number of rotatable bonds is 2. The Kier molecular flexibility index (Phi) is 1.98. The first-order valence-corrected chi connectivity index (χ1v) is 4.08. The van der Waals surface area contributed by atoms with Gasteiger partial charge in [-0.2, -0.15) is 0 Å². The molecule has 0 amide bonds. The van der Waals surface area contributed by atoms with E-state index in [0.29, 0.717) is 16.5 Å². The number of hydrogen-bond donors (Lipinski definition) is 2. The normalized spacial score (nSPS) is 10.6. The van der Waals surface area contributed by atoms with E-state index in [-0.39, 0.29) is 12.4 Å². The second-order valence-corrected chi connectivity index (χ2v) is 2.87. The van der Waals surface area contributed by atoms with Gasteiger partial charge in [-0.1, -0.05) is 18.2 Å². The fourth-order valence-corrected chi connectivity index (χ4v) is 1.43. The highest BCUT2D eigenvalue weighted by Crippen LogP contribution is 2.25. The van der Waals surface area contributed by atoms with Crippen LogP contribution in [0.15, 0.2) is 28.7 Å². The summed E-state index contributed by atoms with van der Waals surface area (Å²) in [6.45, 7) is -0.335. The highest BCUT2D eigenvalue weighted by atomic mass is 16.4. The van der Waals surface area contributed by atoms with Crippen molar-refractivity contribution in [1.29, 1.82) is 0 Å². The van der Waals surface area contributed by atoms with Gasteiger partial charge in [0.1, 0.15) is 5.58 Å². The van der Waals surface area contributed by atoms with Crippen molar-refractivity contribution in [3.05, 3.63) is 35.6 Å². The average Bonchev–Trinajstić information content (AvgIpc) is 2.56. The molecular formula is C10H8O4. The lowest BCUT2D eigenvalue weighted by atomic mass is 10.1. The Hall–Kier alpha value is -1.81. The number of furan rings is 1. The summed E-state index contributed by atoms with van der Waals surface area (Å²) in [5, 5.41) is 18.5. The number of aliphatic hydroxyl groups excluding tert-OH is 1. The summed E-state index contributed by atoms with van der Waals surface area (Å²) >= 11 is 0. The Morgan fingerprint density at radius 2 is 2.07 bits per heavy atom. The molecule has 0 aliphatic rings. The molecule has 0 unspecified atom stereocenters. The summed E-state index contributed by atoms with van der Waals surface area (Å²) in [5.74, 6) is -1.35. The predicted molar refractivity (Wildman–Crippen MR) is 49.1 cm³/mol.